The molecule has 1 N–H and O–H groups in total. The number of aromatic amines is 1. The highest BCUT2D eigenvalue weighted by atomic mass is 19.1. The minimum Gasteiger partial charge on any atom is -0.496 e. The maximum absolute atomic E-state index is 13.6. The number of ether oxygens (including phenoxy) is 1. The number of methoxy groups -OCH3 is 1. The first-order valence-corrected chi connectivity index (χ1v) is 10.8. The Balaban J connectivity index is 1.59. The van der Waals surface area contributed by atoms with Gasteiger partial charge in [-0.1, -0.05) is 12.1 Å². The second kappa shape index (κ2) is 9.15. The Hall–Kier alpha value is -3.52. The van der Waals surface area contributed by atoms with E-state index in [0.29, 0.717) is 41.9 Å². The molecule has 2 aromatic carbocycles. The molecule has 4 rings (SSSR count). The number of H-pyrrole nitrogens is 1. The van der Waals surface area contributed by atoms with Gasteiger partial charge in [0.15, 0.2) is 6.29 Å². The molecule has 8 heteroatoms. The van der Waals surface area contributed by atoms with Crippen LogP contribution < -0.4 is 4.74 Å². The number of rotatable bonds is 6. The summed E-state index contributed by atoms with van der Waals surface area (Å²) in [7, 11) is 1.49. The van der Waals surface area contributed by atoms with Gasteiger partial charge in [-0.15, -0.1) is 0 Å². The monoisotopic (exact) mass is 451 g/mol. The van der Waals surface area contributed by atoms with Crippen LogP contribution in [0.3, 0.4) is 0 Å². The number of Topliss-reactive ketones (excluding diaryl/α,β-unsaturated/α-hetero) is 1. The summed E-state index contributed by atoms with van der Waals surface area (Å²) in [5, 5.41) is 0.506. The summed E-state index contributed by atoms with van der Waals surface area (Å²) in [6, 6.07) is 9.77. The van der Waals surface area contributed by atoms with Crippen LogP contribution in [0.4, 0.5) is 4.39 Å². The molecule has 33 heavy (non-hydrogen) atoms. The molecule has 0 bridgehead atoms. The standard InChI is InChI=1S/C25H26FN3O4/c1-15-12-29(16(2)11-28(15)13-17-4-6-18(26)7-5-17)25(32)20-8-19-21(23(31)14-30)10-27-22(19)9-24(20)33-3/h4-10,14-16,27H,11-13H2,1-3H3/t15-,16?/m0/s1. The second-order valence-corrected chi connectivity index (χ2v) is 8.49. The molecular weight excluding hydrogens is 425 g/mol. The Morgan fingerprint density at radius 3 is 2.52 bits per heavy atom. The first-order valence-electron chi connectivity index (χ1n) is 10.8. The number of piperazine rings is 1. The summed E-state index contributed by atoms with van der Waals surface area (Å²) in [4.78, 5) is 43.6. The fraction of sp³-hybridized carbons (Fsp3) is 0.320. The van der Waals surface area contributed by atoms with Gasteiger partial charge in [-0.2, -0.15) is 0 Å². The van der Waals surface area contributed by atoms with Gasteiger partial charge in [0.2, 0.25) is 5.78 Å². The number of nitrogens with one attached hydrogen (secondary N) is 1. The van der Waals surface area contributed by atoms with Crippen molar-refractivity contribution in [3.63, 3.8) is 0 Å². The molecule has 1 unspecified atom stereocenters. The van der Waals surface area contributed by atoms with Gasteiger partial charge in [0.05, 0.1) is 18.2 Å². The highest BCUT2D eigenvalue weighted by Crippen LogP contribution is 2.30. The molecule has 2 atom stereocenters. The van der Waals surface area contributed by atoms with Crippen LogP contribution in [0.2, 0.25) is 0 Å². The van der Waals surface area contributed by atoms with Crippen LogP contribution in [0.5, 0.6) is 5.75 Å². The van der Waals surface area contributed by atoms with Crippen molar-refractivity contribution in [1.29, 1.82) is 0 Å². The summed E-state index contributed by atoms with van der Waals surface area (Å²) in [5.74, 6) is -0.712. The van der Waals surface area contributed by atoms with Gasteiger partial charge < -0.3 is 14.6 Å². The van der Waals surface area contributed by atoms with E-state index in [0.717, 1.165) is 5.56 Å². The predicted octanol–water partition coefficient (Wildman–Crippen LogP) is 3.43. The highest BCUT2D eigenvalue weighted by Gasteiger charge is 2.34. The number of hydrogen-bond donors (Lipinski definition) is 1. The van der Waals surface area contributed by atoms with Gasteiger partial charge in [-0.3, -0.25) is 19.3 Å². The van der Waals surface area contributed by atoms with E-state index >= 15 is 0 Å². The zero-order chi connectivity index (χ0) is 23.7. The SMILES string of the molecule is COc1cc2[nH]cc(C(=O)C=O)c2cc1C(=O)N1C[C@H](C)N(Cc2ccc(F)cc2)CC1C. The Morgan fingerprint density at radius 1 is 1.12 bits per heavy atom. The number of benzene rings is 2. The predicted molar refractivity (Wildman–Crippen MR) is 122 cm³/mol. The van der Waals surface area contributed by atoms with Crippen molar-refractivity contribution in [2.45, 2.75) is 32.5 Å². The molecule has 0 spiro atoms. The largest absolute Gasteiger partial charge is 0.496 e. The zero-order valence-electron chi connectivity index (χ0n) is 18.8. The third-order valence-corrected chi connectivity index (χ3v) is 6.28. The Morgan fingerprint density at radius 2 is 1.85 bits per heavy atom. The molecule has 1 aliphatic heterocycles. The lowest BCUT2D eigenvalue weighted by molar-refractivity contribution is -0.104. The normalized spacial score (nSPS) is 19.0. The minimum atomic E-state index is -0.652. The van der Waals surface area contributed by atoms with E-state index in [1.54, 1.807) is 24.3 Å². The van der Waals surface area contributed by atoms with E-state index in [2.05, 4.69) is 16.8 Å². The molecule has 0 radical (unpaired) electrons. The lowest BCUT2D eigenvalue weighted by Gasteiger charge is -2.44. The van der Waals surface area contributed by atoms with Crippen molar-refractivity contribution in [1.82, 2.24) is 14.8 Å². The number of halogens is 1. The number of nitrogens with zero attached hydrogens (tertiary/aromatic N) is 2. The smallest absolute Gasteiger partial charge is 0.257 e. The van der Waals surface area contributed by atoms with Crippen molar-refractivity contribution >= 4 is 28.9 Å². The summed E-state index contributed by atoms with van der Waals surface area (Å²) < 4.78 is 18.7. The number of fused-ring (bicyclic) bond motifs is 1. The topological polar surface area (TPSA) is 82.7 Å². The molecule has 3 aromatic rings. The van der Waals surface area contributed by atoms with Gasteiger partial charge in [0.1, 0.15) is 11.6 Å². The fourth-order valence-corrected chi connectivity index (χ4v) is 4.43. The Bertz CT molecular complexity index is 1200. The highest BCUT2D eigenvalue weighted by molar-refractivity contribution is 6.36. The number of hydrogen-bond acceptors (Lipinski definition) is 5. The third kappa shape index (κ3) is 4.39. The van der Waals surface area contributed by atoms with Crippen molar-refractivity contribution in [3.05, 3.63) is 65.1 Å². The Kier molecular flexibility index (Phi) is 6.29. The van der Waals surface area contributed by atoms with Crippen LogP contribution in [-0.4, -0.2) is 65.0 Å². The quantitative estimate of drug-likeness (QED) is 0.353. The van der Waals surface area contributed by atoms with Crippen LogP contribution in [0.15, 0.2) is 42.6 Å². The average Bonchev–Trinajstić information content (AvgIpc) is 3.23. The zero-order valence-corrected chi connectivity index (χ0v) is 18.8. The number of carbonyl (C=O) groups is 3. The van der Waals surface area contributed by atoms with E-state index in [1.165, 1.54) is 25.4 Å². The van der Waals surface area contributed by atoms with E-state index < -0.39 is 5.78 Å². The summed E-state index contributed by atoms with van der Waals surface area (Å²) >= 11 is 0. The van der Waals surface area contributed by atoms with Crippen LogP contribution in [0.25, 0.3) is 10.9 Å². The molecule has 2 heterocycles. The van der Waals surface area contributed by atoms with Gasteiger partial charge in [0, 0.05) is 54.9 Å². The number of carbonyl (C=O) groups excluding carboxylic acids is 3. The second-order valence-electron chi connectivity index (χ2n) is 8.49. The van der Waals surface area contributed by atoms with Crippen molar-refractivity contribution in [2.75, 3.05) is 20.2 Å². The lowest BCUT2D eigenvalue weighted by Crippen LogP contribution is -2.57. The molecule has 1 aromatic heterocycles. The van der Waals surface area contributed by atoms with Gasteiger partial charge in [0.25, 0.3) is 5.91 Å². The lowest BCUT2D eigenvalue weighted by atomic mass is 10.0. The Labute approximate surface area is 191 Å². The molecule has 1 saturated heterocycles. The first-order chi connectivity index (χ1) is 15.8. The maximum atomic E-state index is 13.6. The van der Waals surface area contributed by atoms with Gasteiger partial charge in [-0.05, 0) is 37.6 Å². The molecule has 7 nitrogen and oxygen atoms in total. The third-order valence-electron chi connectivity index (χ3n) is 6.28. The first kappa shape index (κ1) is 22.7. The van der Waals surface area contributed by atoms with Crippen LogP contribution in [-0.2, 0) is 11.3 Å². The molecular formula is C25H26FN3O4. The van der Waals surface area contributed by atoms with E-state index in [-0.39, 0.29) is 35.7 Å². The van der Waals surface area contributed by atoms with E-state index in [4.69, 9.17) is 4.74 Å². The van der Waals surface area contributed by atoms with Gasteiger partial charge >= 0.3 is 0 Å². The van der Waals surface area contributed by atoms with Crippen molar-refractivity contribution in [3.8, 4) is 5.75 Å². The molecule has 1 fully saturated rings. The summed E-state index contributed by atoms with van der Waals surface area (Å²) in [6.45, 7) is 5.89. The van der Waals surface area contributed by atoms with Crippen LogP contribution >= 0.6 is 0 Å². The minimum absolute atomic E-state index is 0.0724. The summed E-state index contributed by atoms with van der Waals surface area (Å²) in [6.07, 6.45) is 1.73. The number of ketones is 1. The number of aldehydes is 1. The number of aromatic nitrogens is 1. The van der Waals surface area contributed by atoms with Crippen molar-refractivity contribution < 1.29 is 23.5 Å². The van der Waals surface area contributed by atoms with E-state index in [9.17, 15) is 18.8 Å². The van der Waals surface area contributed by atoms with Crippen molar-refractivity contribution in [2.24, 2.45) is 0 Å². The van der Waals surface area contributed by atoms with E-state index in [1.807, 2.05) is 11.8 Å². The van der Waals surface area contributed by atoms with Gasteiger partial charge in [-0.25, -0.2) is 4.39 Å². The molecule has 0 aliphatic carbocycles. The molecule has 1 amide bonds. The fourth-order valence-electron chi connectivity index (χ4n) is 4.43. The maximum Gasteiger partial charge on any atom is 0.257 e. The molecule has 172 valence electrons. The van der Waals surface area contributed by atoms with Crippen LogP contribution in [0, 0.1) is 5.82 Å². The average molecular weight is 451 g/mol. The molecule has 1 aliphatic rings. The number of amides is 1. The summed E-state index contributed by atoms with van der Waals surface area (Å²) in [5.41, 5.74) is 2.19. The van der Waals surface area contributed by atoms with Crippen LogP contribution in [0.1, 0.15) is 40.1 Å². The molecule has 0 saturated carbocycles.